The fourth-order valence-electron chi connectivity index (χ4n) is 3.63. The molecule has 1 aliphatic heterocycles. The van der Waals surface area contributed by atoms with Gasteiger partial charge in [0.15, 0.2) is 5.96 Å². The van der Waals surface area contributed by atoms with Gasteiger partial charge >= 0.3 is 0 Å². The maximum atomic E-state index is 4.36. The van der Waals surface area contributed by atoms with Gasteiger partial charge < -0.3 is 15.6 Å². The summed E-state index contributed by atoms with van der Waals surface area (Å²) in [4.78, 5) is 12.0. The molecular weight excluding hydrogens is 453 g/mol. The topological polar surface area (TPSA) is 82.9 Å². The van der Waals surface area contributed by atoms with Crippen LogP contribution in [-0.2, 0) is 19.4 Å². The van der Waals surface area contributed by atoms with Crippen LogP contribution in [0, 0.1) is 6.92 Å². The summed E-state index contributed by atoms with van der Waals surface area (Å²) in [5.41, 5.74) is 3.84. The number of halogens is 1. The van der Waals surface area contributed by atoms with Crippen molar-refractivity contribution in [1.82, 2.24) is 30.4 Å². The summed E-state index contributed by atoms with van der Waals surface area (Å²) in [6.45, 7) is 3.80. The summed E-state index contributed by atoms with van der Waals surface area (Å²) in [5, 5.41) is 12.5. The van der Waals surface area contributed by atoms with Crippen LogP contribution in [0.1, 0.15) is 23.4 Å². The molecule has 0 radical (unpaired) electrons. The van der Waals surface area contributed by atoms with Crippen LogP contribution in [0.2, 0.25) is 0 Å². The van der Waals surface area contributed by atoms with E-state index in [9.17, 15) is 0 Å². The molecule has 3 aromatic rings. The van der Waals surface area contributed by atoms with E-state index in [1.165, 1.54) is 22.0 Å². The van der Waals surface area contributed by atoms with Gasteiger partial charge in [-0.05, 0) is 30.9 Å². The highest BCUT2D eigenvalue weighted by Gasteiger charge is 2.20. The Hall–Kier alpha value is -2.10. The fraction of sp³-hybridized carbons (Fsp3) is 0.421. The van der Waals surface area contributed by atoms with Gasteiger partial charge in [0.05, 0.1) is 6.54 Å². The van der Waals surface area contributed by atoms with Crippen LogP contribution in [0.3, 0.4) is 0 Å². The normalized spacial score (nSPS) is 16.7. The zero-order chi connectivity index (χ0) is 17.9. The number of aromatic amines is 1. The maximum absolute atomic E-state index is 4.36. The van der Waals surface area contributed by atoms with Crippen LogP contribution >= 0.6 is 24.0 Å². The first-order valence-corrected chi connectivity index (χ1v) is 9.14. The van der Waals surface area contributed by atoms with Crippen molar-refractivity contribution in [3.8, 4) is 0 Å². The van der Waals surface area contributed by atoms with Gasteiger partial charge in [-0.3, -0.25) is 4.99 Å². The predicted octanol–water partition coefficient (Wildman–Crippen LogP) is 2.41. The van der Waals surface area contributed by atoms with Gasteiger partial charge in [-0.2, -0.15) is 5.10 Å². The molecule has 2 aromatic heterocycles. The van der Waals surface area contributed by atoms with Crippen molar-refractivity contribution in [1.29, 1.82) is 0 Å². The summed E-state index contributed by atoms with van der Waals surface area (Å²) < 4.78 is 1.97. The Morgan fingerprint density at radius 2 is 2.30 bits per heavy atom. The molecule has 0 amide bonds. The number of rotatable bonds is 4. The van der Waals surface area contributed by atoms with Crippen molar-refractivity contribution in [3.63, 3.8) is 0 Å². The van der Waals surface area contributed by atoms with Crippen molar-refractivity contribution in [2.24, 2.45) is 4.99 Å². The Balaban J connectivity index is 0.00000210. The number of aryl methyl sites for hydroxylation is 2. The van der Waals surface area contributed by atoms with Crippen molar-refractivity contribution in [3.05, 3.63) is 47.7 Å². The van der Waals surface area contributed by atoms with Gasteiger partial charge in [0.1, 0.15) is 12.2 Å². The monoisotopic (exact) mass is 479 g/mol. The predicted molar refractivity (Wildman–Crippen MR) is 119 cm³/mol. The second-order valence-corrected chi connectivity index (χ2v) is 6.80. The molecule has 1 aromatic carbocycles. The number of guanidine groups is 1. The van der Waals surface area contributed by atoms with Crippen LogP contribution in [0.15, 0.2) is 35.7 Å². The molecule has 27 heavy (non-hydrogen) atoms. The standard InChI is InChI=1S/C19H25N7.HI/c1-13-4-3-5-16-14(10-22-18(13)16)8-9-21-19(20-2)25-15-6-7-17-23-12-24-26(17)11-15;/h3-5,10,12,15,22H,6-9,11H2,1-2H3,(H2,20,21,25);1H. The lowest BCUT2D eigenvalue weighted by atomic mass is 10.1. The Kier molecular flexibility index (Phi) is 6.35. The van der Waals surface area contributed by atoms with E-state index in [1.807, 2.05) is 11.7 Å². The molecule has 0 aliphatic carbocycles. The van der Waals surface area contributed by atoms with Crippen molar-refractivity contribution < 1.29 is 0 Å². The largest absolute Gasteiger partial charge is 0.361 e. The SMILES string of the molecule is CN=C(NCCc1c[nH]c2c(C)cccc12)NC1CCc2ncnn2C1.I. The molecule has 0 bridgehead atoms. The highest BCUT2D eigenvalue weighted by Crippen LogP contribution is 2.21. The number of hydrogen-bond acceptors (Lipinski definition) is 3. The molecule has 1 unspecified atom stereocenters. The van der Waals surface area contributed by atoms with Crippen LogP contribution in [0.25, 0.3) is 10.9 Å². The van der Waals surface area contributed by atoms with E-state index >= 15 is 0 Å². The summed E-state index contributed by atoms with van der Waals surface area (Å²) in [7, 11) is 1.81. The van der Waals surface area contributed by atoms with E-state index in [4.69, 9.17) is 0 Å². The Labute approximate surface area is 176 Å². The molecule has 144 valence electrons. The Bertz CT molecular complexity index is 927. The number of H-pyrrole nitrogens is 1. The molecule has 4 rings (SSSR count). The molecule has 3 N–H and O–H groups in total. The van der Waals surface area contributed by atoms with E-state index in [0.717, 1.165) is 44.1 Å². The molecular formula is C19H26IN7. The fourth-order valence-corrected chi connectivity index (χ4v) is 3.63. The molecule has 0 saturated heterocycles. The summed E-state index contributed by atoms with van der Waals surface area (Å²) in [5.74, 6) is 1.91. The third kappa shape index (κ3) is 4.26. The second-order valence-electron chi connectivity index (χ2n) is 6.80. The first kappa shape index (κ1) is 19.7. The van der Waals surface area contributed by atoms with Crippen LogP contribution in [0.4, 0.5) is 0 Å². The van der Waals surface area contributed by atoms with Crippen LogP contribution in [-0.4, -0.2) is 45.3 Å². The number of para-hydroxylation sites is 1. The number of aromatic nitrogens is 4. The molecule has 1 atom stereocenters. The lowest BCUT2D eigenvalue weighted by molar-refractivity contribution is 0.393. The second kappa shape index (κ2) is 8.73. The van der Waals surface area contributed by atoms with Gasteiger partial charge in [0.2, 0.25) is 0 Å². The van der Waals surface area contributed by atoms with Gasteiger partial charge in [-0.1, -0.05) is 18.2 Å². The average Bonchev–Trinajstić information content (AvgIpc) is 3.28. The van der Waals surface area contributed by atoms with Gasteiger partial charge in [-0.25, -0.2) is 9.67 Å². The lowest BCUT2D eigenvalue weighted by Gasteiger charge is -2.25. The van der Waals surface area contributed by atoms with Gasteiger partial charge in [0, 0.05) is 43.2 Å². The minimum atomic E-state index is 0. The average molecular weight is 479 g/mol. The molecule has 1 aliphatic rings. The quantitative estimate of drug-likeness (QED) is 0.305. The van der Waals surface area contributed by atoms with Crippen molar-refractivity contribution in [2.75, 3.05) is 13.6 Å². The molecule has 0 saturated carbocycles. The number of fused-ring (bicyclic) bond motifs is 2. The number of nitrogens with zero attached hydrogens (tertiary/aromatic N) is 4. The lowest BCUT2D eigenvalue weighted by Crippen LogP contribution is -2.47. The first-order chi connectivity index (χ1) is 12.7. The molecule has 0 spiro atoms. The Morgan fingerprint density at radius 3 is 3.15 bits per heavy atom. The Morgan fingerprint density at radius 1 is 1.41 bits per heavy atom. The van der Waals surface area contributed by atoms with Crippen molar-refractivity contribution in [2.45, 2.75) is 38.8 Å². The molecule has 7 nitrogen and oxygen atoms in total. The van der Waals surface area contributed by atoms with Gasteiger partial charge in [0.25, 0.3) is 0 Å². The number of nitrogens with one attached hydrogen (secondary N) is 3. The third-order valence-corrected chi connectivity index (χ3v) is 5.07. The minimum Gasteiger partial charge on any atom is -0.361 e. The number of hydrogen-bond donors (Lipinski definition) is 3. The number of benzene rings is 1. The zero-order valence-electron chi connectivity index (χ0n) is 15.7. The first-order valence-electron chi connectivity index (χ1n) is 9.14. The van der Waals surface area contributed by atoms with Crippen LogP contribution < -0.4 is 10.6 Å². The highest BCUT2D eigenvalue weighted by atomic mass is 127. The zero-order valence-corrected chi connectivity index (χ0v) is 18.0. The molecule has 8 heteroatoms. The summed E-state index contributed by atoms with van der Waals surface area (Å²) in [6.07, 6.45) is 6.68. The van der Waals surface area contributed by atoms with E-state index in [1.54, 1.807) is 6.33 Å². The number of aliphatic imine (C=N–C) groups is 1. The minimum absolute atomic E-state index is 0. The summed E-state index contributed by atoms with van der Waals surface area (Å²) in [6, 6.07) is 6.76. The molecule has 3 heterocycles. The maximum Gasteiger partial charge on any atom is 0.191 e. The molecule has 0 fully saturated rings. The third-order valence-electron chi connectivity index (χ3n) is 5.07. The van der Waals surface area contributed by atoms with Crippen molar-refractivity contribution >= 4 is 40.8 Å². The van der Waals surface area contributed by atoms with E-state index in [0.29, 0.717) is 6.04 Å². The highest BCUT2D eigenvalue weighted by molar-refractivity contribution is 14.0. The van der Waals surface area contributed by atoms with Gasteiger partial charge in [-0.15, -0.1) is 24.0 Å². The van der Waals surface area contributed by atoms with E-state index in [-0.39, 0.29) is 24.0 Å². The van der Waals surface area contributed by atoms with E-state index < -0.39 is 0 Å². The van der Waals surface area contributed by atoms with Crippen LogP contribution in [0.5, 0.6) is 0 Å². The smallest absolute Gasteiger partial charge is 0.191 e. The van der Waals surface area contributed by atoms with E-state index in [2.05, 4.69) is 62.0 Å². The summed E-state index contributed by atoms with van der Waals surface area (Å²) >= 11 is 0.